The highest BCUT2D eigenvalue weighted by atomic mass is 16.2. The molecule has 0 atom stereocenters. The number of hydrogen-bond donors (Lipinski definition) is 2. The zero-order valence-electron chi connectivity index (χ0n) is 18.0. The van der Waals surface area contributed by atoms with E-state index in [1.165, 1.54) is 23.5 Å². The van der Waals surface area contributed by atoms with Gasteiger partial charge >= 0.3 is 6.03 Å². The number of rotatable bonds is 4. The average Bonchev–Trinajstić information content (AvgIpc) is 3.32. The van der Waals surface area contributed by atoms with Gasteiger partial charge in [0.25, 0.3) is 5.91 Å². The molecule has 1 saturated carbocycles. The monoisotopic (exact) mass is 425 g/mol. The van der Waals surface area contributed by atoms with Gasteiger partial charge < -0.3 is 10.6 Å². The van der Waals surface area contributed by atoms with Crippen molar-refractivity contribution >= 4 is 23.5 Å². The molecule has 1 spiro atoms. The molecule has 4 rings (SSSR count). The summed E-state index contributed by atoms with van der Waals surface area (Å²) in [7, 11) is 0. The summed E-state index contributed by atoms with van der Waals surface area (Å²) in [6.45, 7) is 6.28. The predicted molar refractivity (Wildman–Crippen MR) is 112 cm³/mol. The molecule has 164 valence electrons. The largest absolute Gasteiger partial charge is 0.325 e. The molecular weight excluding hydrogens is 398 g/mol. The van der Waals surface area contributed by atoms with Gasteiger partial charge in [-0.15, -0.1) is 0 Å². The summed E-state index contributed by atoms with van der Waals surface area (Å²) in [6, 6.07) is 2.85. The summed E-state index contributed by atoms with van der Waals surface area (Å²) in [6.07, 6.45) is 7.35. The van der Waals surface area contributed by atoms with Gasteiger partial charge in [-0.2, -0.15) is 5.10 Å². The number of aromatic nitrogens is 4. The van der Waals surface area contributed by atoms with Crippen LogP contribution in [0.15, 0.2) is 31.0 Å². The van der Waals surface area contributed by atoms with E-state index in [4.69, 9.17) is 0 Å². The van der Waals surface area contributed by atoms with E-state index in [1.807, 2.05) is 0 Å². The van der Waals surface area contributed by atoms with E-state index in [0.717, 1.165) is 17.7 Å². The van der Waals surface area contributed by atoms with E-state index in [2.05, 4.69) is 46.5 Å². The van der Waals surface area contributed by atoms with Crippen LogP contribution in [-0.2, 0) is 9.59 Å². The Bertz CT molecular complexity index is 971. The SMILES string of the molecule is CC(C)(C)C1CCC2(CC1)NC(=O)N(CC(=O)Nc1ccc(-n3cncn3)nc1)C2=O. The normalized spacial score (nSPS) is 23.8. The molecule has 0 bridgehead atoms. The Hall–Kier alpha value is -3.30. The van der Waals surface area contributed by atoms with Gasteiger partial charge in [-0.3, -0.25) is 14.5 Å². The molecule has 1 saturated heterocycles. The van der Waals surface area contributed by atoms with Gasteiger partial charge in [0, 0.05) is 0 Å². The summed E-state index contributed by atoms with van der Waals surface area (Å²) in [5.41, 5.74) is -0.244. The van der Waals surface area contributed by atoms with Crippen molar-refractivity contribution in [1.82, 2.24) is 30.0 Å². The molecule has 0 aromatic carbocycles. The van der Waals surface area contributed by atoms with Gasteiger partial charge in [0.2, 0.25) is 5.91 Å². The number of nitrogens with one attached hydrogen (secondary N) is 2. The zero-order chi connectivity index (χ0) is 22.2. The maximum atomic E-state index is 13.0. The van der Waals surface area contributed by atoms with Crippen molar-refractivity contribution in [3.63, 3.8) is 0 Å². The van der Waals surface area contributed by atoms with Crippen molar-refractivity contribution in [2.24, 2.45) is 11.3 Å². The van der Waals surface area contributed by atoms with Crippen LogP contribution in [0.3, 0.4) is 0 Å². The van der Waals surface area contributed by atoms with Gasteiger partial charge in [-0.1, -0.05) is 20.8 Å². The molecule has 2 N–H and O–H groups in total. The highest BCUT2D eigenvalue weighted by Gasteiger charge is 2.53. The Kier molecular flexibility index (Phi) is 5.24. The number of carbonyl (C=O) groups excluding carboxylic acids is 3. The van der Waals surface area contributed by atoms with Crippen LogP contribution in [-0.4, -0.2) is 54.6 Å². The van der Waals surface area contributed by atoms with Crippen LogP contribution in [0.25, 0.3) is 5.82 Å². The van der Waals surface area contributed by atoms with E-state index in [1.54, 1.807) is 12.1 Å². The molecular formula is C21H27N7O3. The second-order valence-electron chi connectivity index (χ2n) is 9.34. The fourth-order valence-corrected chi connectivity index (χ4v) is 4.40. The number of nitrogens with zero attached hydrogens (tertiary/aromatic N) is 5. The smallest absolute Gasteiger partial charge is 0.323 e. The zero-order valence-corrected chi connectivity index (χ0v) is 18.0. The number of amides is 4. The lowest BCUT2D eigenvalue weighted by molar-refractivity contribution is -0.135. The van der Waals surface area contributed by atoms with E-state index in [0.29, 0.717) is 30.3 Å². The minimum atomic E-state index is -0.875. The van der Waals surface area contributed by atoms with Crippen molar-refractivity contribution < 1.29 is 14.4 Å². The Balaban J connectivity index is 1.36. The standard InChI is InChI=1S/C21H27N7O3/c1-20(2,3)14-6-8-21(9-7-14)18(30)27(19(31)26-21)11-17(29)25-15-4-5-16(23-10-15)28-13-22-12-24-28/h4-5,10,12-14H,6-9,11H2,1-3H3,(H,25,29)(H,26,31). The lowest BCUT2D eigenvalue weighted by Gasteiger charge is -2.40. The lowest BCUT2D eigenvalue weighted by atomic mass is 9.67. The first-order valence-corrected chi connectivity index (χ1v) is 10.4. The summed E-state index contributed by atoms with van der Waals surface area (Å²) >= 11 is 0. The van der Waals surface area contributed by atoms with Crippen molar-refractivity contribution in [1.29, 1.82) is 0 Å². The molecule has 2 aromatic rings. The first kappa shape index (κ1) is 21.0. The average molecular weight is 425 g/mol. The van der Waals surface area contributed by atoms with E-state index in [9.17, 15) is 14.4 Å². The Labute approximate surface area is 180 Å². The van der Waals surface area contributed by atoms with E-state index in [-0.39, 0.29) is 17.9 Å². The highest BCUT2D eigenvalue weighted by Crippen LogP contribution is 2.43. The van der Waals surface area contributed by atoms with Gasteiger partial charge in [0.1, 0.15) is 24.7 Å². The van der Waals surface area contributed by atoms with E-state index >= 15 is 0 Å². The minimum Gasteiger partial charge on any atom is -0.323 e. The third-order valence-corrected chi connectivity index (χ3v) is 6.30. The first-order valence-electron chi connectivity index (χ1n) is 10.4. The lowest BCUT2D eigenvalue weighted by Crippen LogP contribution is -2.50. The minimum absolute atomic E-state index is 0.171. The van der Waals surface area contributed by atoms with Crippen LogP contribution in [0.2, 0.25) is 0 Å². The quantitative estimate of drug-likeness (QED) is 0.724. The van der Waals surface area contributed by atoms with Crippen LogP contribution in [0.5, 0.6) is 0 Å². The highest BCUT2D eigenvalue weighted by molar-refractivity contribution is 6.10. The predicted octanol–water partition coefficient (Wildman–Crippen LogP) is 2.13. The maximum absolute atomic E-state index is 13.0. The van der Waals surface area contributed by atoms with Gasteiger partial charge in [-0.05, 0) is 49.1 Å². The van der Waals surface area contributed by atoms with E-state index < -0.39 is 17.5 Å². The van der Waals surface area contributed by atoms with Crippen molar-refractivity contribution in [2.45, 2.75) is 52.0 Å². The molecule has 0 radical (unpaired) electrons. The van der Waals surface area contributed by atoms with Crippen LogP contribution < -0.4 is 10.6 Å². The van der Waals surface area contributed by atoms with Crippen molar-refractivity contribution in [3.05, 3.63) is 31.0 Å². The Morgan fingerprint density at radius 1 is 1.26 bits per heavy atom. The third kappa shape index (κ3) is 4.14. The topological polar surface area (TPSA) is 122 Å². The van der Waals surface area contributed by atoms with Gasteiger partial charge in [-0.25, -0.2) is 19.4 Å². The number of anilines is 1. The van der Waals surface area contributed by atoms with Crippen LogP contribution in [0.1, 0.15) is 46.5 Å². The van der Waals surface area contributed by atoms with Crippen LogP contribution in [0, 0.1) is 11.3 Å². The second-order valence-corrected chi connectivity index (χ2v) is 9.34. The second kappa shape index (κ2) is 7.75. The molecule has 1 aliphatic carbocycles. The van der Waals surface area contributed by atoms with Gasteiger partial charge in [0.05, 0.1) is 11.9 Å². The Morgan fingerprint density at radius 2 is 2.00 bits per heavy atom. The van der Waals surface area contributed by atoms with Crippen LogP contribution >= 0.6 is 0 Å². The summed E-state index contributed by atoms with van der Waals surface area (Å²) in [5, 5.41) is 9.53. The van der Waals surface area contributed by atoms with Crippen molar-refractivity contribution in [3.8, 4) is 5.82 Å². The molecule has 31 heavy (non-hydrogen) atoms. The third-order valence-electron chi connectivity index (χ3n) is 6.30. The summed E-state index contributed by atoms with van der Waals surface area (Å²) in [5.74, 6) is 0.296. The summed E-state index contributed by atoms with van der Waals surface area (Å²) < 4.78 is 1.49. The molecule has 2 fully saturated rings. The maximum Gasteiger partial charge on any atom is 0.325 e. The number of carbonyl (C=O) groups is 3. The first-order chi connectivity index (χ1) is 14.7. The molecule has 10 heteroatoms. The number of urea groups is 1. The fraction of sp³-hybridized carbons (Fsp3) is 0.524. The number of imide groups is 1. The molecule has 3 heterocycles. The number of pyridine rings is 1. The van der Waals surface area contributed by atoms with Crippen molar-refractivity contribution in [2.75, 3.05) is 11.9 Å². The molecule has 4 amide bonds. The summed E-state index contributed by atoms with van der Waals surface area (Å²) in [4.78, 5) is 47.1. The number of hydrogen-bond acceptors (Lipinski definition) is 6. The molecule has 2 aromatic heterocycles. The molecule has 0 unspecified atom stereocenters. The van der Waals surface area contributed by atoms with Gasteiger partial charge in [0.15, 0.2) is 5.82 Å². The molecule has 2 aliphatic rings. The molecule has 10 nitrogen and oxygen atoms in total. The van der Waals surface area contributed by atoms with Crippen LogP contribution in [0.4, 0.5) is 10.5 Å². The fourth-order valence-electron chi connectivity index (χ4n) is 4.40. The molecule has 1 aliphatic heterocycles. The Morgan fingerprint density at radius 3 is 2.58 bits per heavy atom.